The highest BCUT2D eigenvalue weighted by atomic mass is 35.5. The third-order valence-corrected chi connectivity index (χ3v) is 9.13. The summed E-state index contributed by atoms with van der Waals surface area (Å²) in [5.41, 5.74) is 7.10. The maximum Gasteiger partial charge on any atom is 0.340 e. The van der Waals surface area contributed by atoms with Crippen molar-refractivity contribution in [2.45, 2.75) is 44.7 Å². The second kappa shape index (κ2) is 12.5. The lowest BCUT2D eigenvalue weighted by atomic mass is 9.96. The zero-order chi connectivity index (χ0) is 31.8. The molecule has 1 saturated heterocycles. The van der Waals surface area contributed by atoms with Gasteiger partial charge in [-0.15, -0.1) is 0 Å². The molecule has 2 aliphatic heterocycles. The summed E-state index contributed by atoms with van der Waals surface area (Å²) in [6.45, 7) is 2.75. The number of nitrogens with zero attached hydrogens (tertiary/aromatic N) is 4. The van der Waals surface area contributed by atoms with E-state index >= 15 is 0 Å². The Morgan fingerprint density at radius 3 is 2.58 bits per heavy atom. The Hall–Kier alpha value is -4.48. The molecule has 2 aromatic carbocycles. The number of fused-ring (bicyclic) bond motifs is 1. The number of amides is 4. The molecule has 11 nitrogen and oxygen atoms in total. The Kier molecular flexibility index (Phi) is 8.48. The van der Waals surface area contributed by atoms with Crippen molar-refractivity contribution in [2.24, 2.45) is 5.10 Å². The van der Waals surface area contributed by atoms with Crippen LogP contribution in [0, 0.1) is 6.92 Å². The minimum atomic E-state index is -0.378. The summed E-state index contributed by atoms with van der Waals surface area (Å²) in [6, 6.07) is 13.6. The zero-order valence-electron chi connectivity index (χ0n) is 25.7. The number of nitrogens with one attached hydrogen (secondary N) is 3. The van der Waals surface area contributed by atoms with Gasteiger partial charge in [0.1, 0.15) is 5.71 Å². The number of halogens is 1. The number of methoxy groups -OCH3 is 1. The van der Waals surface area contributed by atoms with Gasteiger partial charge >= 0.3 is 6.03 Å². The lowest BCUT2D eigenvalue weighted by Gasteiger charge is -2.27. The first kappa shape index (κ1) is 30.5. The average Bonchev–Trinajstić information content (AvgIpc) is 3.64. The number of hydrogen-bond acceptors (Lipinski definition) is 7. The monoisotopic (exact) mass is 629 g/mol. The van der Waals surface area contributed by atoms with Crippen molar-refractivity contribution in [3.8, 4) is 28.3 Å². The molecule has 0 radical (unpaired) electrons. The first-order valence-electron chi connectivity index (χ1n) is 15.0. The van der Waals surface area contributed by atoms with Gasteiger partial charge in [-0.05, 0) is 55.0 Å². The van der Waals surface area contributed by atoms with Gasteiger partial charge < -0.3 is 25.6 Å². The maximum atomic E-state index is 13.1. The summed E-state index contributed by atoms with van der Waals surface area (Å²) in [6.07, 6.45) is 3.21. The summed E-state index contributed by atoms with van der Waals surface area (Å²) in [4.78, 5) is 43.1. The Morgan fingerprint density at radius 2 is 1.84 bits per heavy atom. The molecule has 3 heterocycles. The molecule has 45 heavy (non-hydrogen) atoms. The van der Waals surface area contributed by atoms with Gasteiger partial charge in [0, 0.05) is 61.5 Å². The Labute approximate surface area is 267 Å². The van der Waals surface area contributed by atoms with Crippen LogP contribution in [0.3, 0.4) is 0 Å². The van der Waals surface area contributed by atoms with E-state index in [-0.39, 0.29) is 42.2 Å². The van der Waals surface area contributed by atoms with Gasteiger partial charge in [-0.1, -0.05) is 41.9 Å². The van der Waals surface area contributed by atoms with E-state index in [1.54, 1.807) is 14.2 Å². The van der Waals surface area contributed by atoms with Gasteiger partial charge in [-0.2, -0.15) is 5.10 Å². The molecule has 1 aliphatic carbocycles. The zero-order valence-corrected chi connectivity index (χ0v) is 26.5. The second-order valence-corrected chi connectivity index (χ2v) is 12.1. The van der Waals surface area contributed by atoms with E-state index in [9.17, 15) is 14.4 Å². The van der Waals surface area contributed by atoms with Crippen molar-refractivity contribution in [2.75, 3.05) is 39.6 Å². The van der Waals surface area contributed by atoms with E-state index in [2.05, 4.69) is 27.1 Å². The van der Waals surface area contributed by atoms with Gasteiger partial charge in [0.15, 0.2) is 0 Å². The average molecular weight is 630 g/mol. The number of rotatable bonds is 8. The lowest BCUT2D eigenvalue weighted by Crippen LogP contribution is -2.47. The van der Waals surface area contributed by atoms with Crippen molar-refractivity contribution in [1.29, 1.82) is 0 Å². The molecule has 4 amide bonds. The molecule has 0 bridgehead atoms. The van der Waals surface area contributed by atoms with Crippen LogP contribution in [0.5, 0.6) is 5.88 Å². The second-order valence-electron chi connectivity index (χ2n) is 11.7. The summed E-state index contributed by atoms with van der Waals surface area (Å²) >= 11 is 7.11. The van der Waals surface area contributed by atoms with Crippen LogP contribution in [0.25, 0.3) is 22.4 Å². The SMILES string of the molecule is COc1nc(-c2cccc(-c3cccc(NC(=O)C4=NN(C)C(=O)N(C)C4)c3C)c2Cl)cc2c1[C@@H](NC[C@@H]1CCC(=O)N1)CC2. The van der Waals surface area contributed by atoms with Gasteiger partial charge in [-0.3, -0.25) is 9.59 Å². The summed E-state index contributed by atoms with van der Waals surface area (Å²) in [7, 11) is 4.78. The fourth-order valence-corrected chi connectivity index (χ4v) is 6.65. The van der Waals surface area contributed by atoms with Crippen LogP contribution in [0.4, 0.5) is 10.5 Å². The fourth-order valence-electron chi connectivity index (χ4n) is 6.33. The summed E-state index contributed by atoms with van der Waals surface area (Å²) < 4.78 is 5.80. The van der Waals surface area contributed by atoms with Gasteiger partial charge in [0.2, 0.25) is 11.8 Å². The number of hydrogen-bond donors (Lipinski definition) is 3. The molecule has 3 aromatic rings. The number of pyridine rings is 1. The van der Waals surface area contributed by atoms with Gasteiger partial charge in [-0.25, -0.2) is 14.8 Å². The number of ether oxygens (including phenoxy) is 1. The maximum absolute atomic E-state index is 13.1. The highest BCUT2D eigenvalue weighted by Crippen LogP contribution is 2.43. The topological polar surface area (TPSA) is 128 Å². The molecule has 0 spiro atoms. The molecule has 1 fully saturated rings. The third kappa shape index (κ3) is 5.97. The number of urea groups is 1. The van der Waals surface area contributed by atoms with Crippen LogP contribution in [0.15, 0.2) is 47.6 Å². The molecule has 2 atom stereocenters. The molecule has 3 N–H and O–H groups in total. The van der Waals surface area contributed by atoms with E-state index in [1.807, 2.05) is 43.3 Å². The first-order chi connectivity index (χ1) is 21.6. The third-order valence-electron chi connectivity index (χ3n) is 8.72. The van der Waals surface area contributed by atoms with Crippen LogP contribution >= 0.6 is 11.6 Å². The molecule has 0 unspecified atom stereocenters. The summed E-state index contributed by atoms with van der Waals surface area (Å²) in [5.74, 6) is 0.299. The molecule has 234 valence electrons. The number of benzene rings is 2. The smallest absolute Gasteiger partial charge is 0.340 e. The highest BCUT2D eigenvalue weighted by Gasteiger charge is 2.31. The quantitative estimate of drug-likeness (QED) is 0.336. The molecule has 3 aliphatic rings. The minimum absolute atomic E-state index is 0.0947. The number of carbonyl (C=O) groups excluding carboxylic acids is 3. The van der Waals surface area contributed by atoms with Crippen LogP contribution < -0.4 is 20.7 Å². The Morgan fingerprint density at radius 1 is 1.09 bits per heavy atom. The number of hydrazone groups is 1. The van der Waals surface area contributed by atoms with Crippen LogP contribution in [-0.4, -0.2) is 78.8 Å². The first-order valence-corrected chi connectivity index (χ1v) is 15.4. The van der Waals surface area contributed by atoms with Gasteiger partial charge in [0.05, 0.1) is 24.4 Å². The minimum Gasteiger partial charge on any atom is -0.481 e. The standard InChI is InChI=1S/C33H36ClN7O4/c1-18-21(7-6-10-24(18)37-31(43)27-17-40(2)33(44)41(3)39-27)22-8-5-9-23(30(22)34)26-15-19-11-13-25(29(19)32(38-26)45-4)35-16-20-12-14-28(42)36-20/h5-10,15,20,25,35H,11-14,16-17H2,1-4H3,(H,36,42)(H,37,43)/t20-,25-/m0/s1. The van der Waals surface area contributed by atoms with E-state index in [0.29, 0.717) is 29.6 Å². The number of carbonyl (C=O) groups is 3. The van der Waals surface area contributed by atoms with Crippen molar-refractivity contribution in [3.63, 3.8) is 0 Å². The largest absolute Gasteiger partial charge is 0.481 e. The highest BCUT2D eigenvalue weighted by molar-refractivity contribution is 6.44. The van der Waals surface area contributed by atoms with Gasteiger partial charge in [0.25, 0.3) is 5.91 Å². The predicted octanol–water partition coefficient (Wildman–Crippen LogP) is 4.53. The number of anilines is 1. The Bertz CT molecular complexity index is 1730. The molecular formula is C33H36ClN7O4. The van der Waals surface area contributed by atoms with Crippen LogP contribution in [0.1, 0.15) is 42.0 Å². The molecule has 12 heteroatoms. The summed E-state index contributed by atoms with van der Waals surface area (Å²) in [5, 5.41) is 15.4. The van der Waals surface area contributed by atoms with Crippen molar-refractivity contribution < 1.29 is 19.1 Å². The van der Waals surface area contributed by atoms with Crippen molar-refractivity contribution in [3.05, 3.63) is 64.2 Å². The van der Waals surface area contributed by atoms with Crippen LogP contribution in [0.2, 0.25) is 5.02 Å². The van der Waals surface area contributed by atoms with E-state index in [0.717, 1.165) is 63.3 Å². The normalized spacial score (nSPS) is 19.4. The van der Waals surface area contributed by atoms with Crippen molar-refractivity contribution >= 4 is 40.8 Å². The molecule has 1 aromatic heterocycles. The molecular weight excluding hydrogens is 594 g/mol. The fraction of sp³-hybridized carbons (Fsp3) is 0.364. The van der Waals surface area contributed by atoms with Crippen molar-refractivity contribution in [1.82, 2.24) is 25.5 Å². The predicted molar refractivity (Wildman–Crippen MR) is 173 cm³/mol. The number of aromatic nitrogens is 1. The van der Waals surface area contributed by atoms with E-state index in [1.165, 1.54) is 11.9 Å². The lowest BCUT2D eigenvalue weighted by molar-refractivity contribution is -0.119. The van der Waals surface area contributed by atoms with E-state index in [4.69, 9.17) is 21.3 Å². The number of aryl methyl sites for hydroxylation is 1. The van der Waals surface area contributed by atoms with Crippen LogP contribution in [-0.2, 0) is 16.0 Å². The van der Waals surface area contributed by atoms with E-state index < -0.39 is 0 Å². The molecule has 0 saturated carbocycles. The molecule has 6 rings (SSSR count). The Balaban J connectivity index is 1.26.